The van der Waals surface area contributed by atoms with Crippen LogP contribution in [0.2, 0.25) is 5.02 Å². The summed E-state index contributed by atoms with van der Waals surface area (Å²) in [5.41, 5.74) is 0.798. The summed E-state index contributed by atoms with van der Waals surface area (Å²) in [5.74, 6) is 0.238. The highest BCUT2D eigenvalue weighted by molar-refractivity contribution is 6.30. The fourth-order valence-corrected chi connectivity index (χ4v) is 2.90. The summed E-state index contributed by atoms with van der Waals surface area (Å²) in [6, 6.07) is 6.86. The van der Waals surface area contributed by atoms with E-state index < -0.39 is 12.0 Å². The first-order valence-electron chi connectivity index (χ1n) is 7.19. The molecule has 0 amide bonds. The number of aromatic nitrogens is 2. The molecule has 0 unspecified atom stereocenters. The smallest absolute Gasteiger partial charge is 0.320 e. The minimum Gasteiger partial charge on any atom is -0.480 e. The first kappa shape index (κ1) is 15.0. The fourth-order valence-electron chi connectivity index (χ4n) is 2.71. The molecule has 0 bridgehead atoms. The summed E-state index contributed by atoms with van der Waals surface area (Å²) >= 11 is 5.95. The molecule has 22 heavy (non-hydrogen) atoms. The van der Waals surface area contributed by atoms with Crippen LogP contribution in [-0.2, 0) is 11.2 Å². The number of aliphatic carboxylic acids is 1. The van der Waals surface area contributed by atoms with E-state index in [1.54, 1.807) is 12.1 Å². The molecule has 7 heteroatoms. The van der Waals surface area contributed by atoms with E-state index in [1.165, 1.54) is 0 Å². The monoisotopic (exact) mass is 321 g/mol. The average Bonchev–Trinajstić information content (AvgIpc) is 3.14. The van der Waals surface area contributed by atoms with Crippen LogP contribution in [-0.4, -0.2) is 45.2 Å². The number of rotatable bonds is 5. The van der Waals surface area contributed by atoms with Gasteiger partial charge in [-0.3, -0.25) is 9.69 Å². The van der Waals surface area contributed by atoms with Crippen LogP contribution in [0.4, 0.5) is 0 Å². The van der Waals surface area contributed by atoms with Gasteiger partial charge in [-0.05, 0) is 31.5 Å². The maximum absolute atomic E-state index is 11.1. The lowest BCUT2D eigenvalue weighted by Gasteiger charge is -2.19. The van der Waals surface area contributed by atoms with Crippen LogP contribution in [0.15, 0.2) is 28.8 Å². The highest BCUT2D eigenvalue weighted by Gasteiger charge is 2.30. The van der Waals surface area contributed by atoms with Gasteiger partial charge in [-0.15, -0.1) is 0 Å². The second-order valence-corrected chi connectivity index (χ2v) is 5.74. The molecule has 2 heterocycles. The molecular formula is C15H16ClN3O3. The van der Waals surface area contributed by atoms with E-state index in [2.05, 4.69) is 10.1 Å². The van der Waals surface area contributed by atoms with Crippen molar-refractivity contribution in [3.63, 3.8) is 0 Å². The average molecular weight is 322 g/mol. The van der Waals surface area contributed by atoms with Crippen molar-refractivity contribution in [1.29, 1.82) is 0 Å². The Balaban J connectivity index is 1.64. The van der Waals surface area contributed by atoms with Gasteiger partial charge in [0.05, 0.1) is 0 Å². The molecule has 1 aromatic heterocycles. The lowest BCUT2D eigenvalue weighted by Crippen LogP contribution is -2.37. The summed E-state index contributed by atoms with van der Waals surface area (Å²) in [6.07, 6.45) is 2.15. The van der Waals surface area contributed by atoms with Crippen LogP contribution in [0.25, 0.3) is 11.4 Å². The number of halogens is 1. The van der Waals surface area contributed by atoms with Gasteiger partial charge in [0.15, 0.2) is 0 Å². The molecule has 0 saturated carbocycles. The molecular weight excluding hydrogens is 306 g/mol. The summed E-state index contributed by atoms with van der Waals surface area (Å²) in [7, 11) is 0. The van der Waals surface area contributed by atoms with Crippen LogP contribution < -0.4 is 0 Å². The number of carbonyl (C=O) groups is 1. The Kier molecular flexibility index (Phi) is 4.40. The van der Waals surface area contributed by atoms with Gasteiger partial charge in [-0.2, -0.15) is 4.98 Å². The Morgan fingerprint density at radius 1 is 1.50 bits per heavy atom. The number of likely N-dealkylation sites (tertiary alicyclic amines) is 1. The molecule has 116 valence electrons. The second kappa shape index (κ2) is 6.46. The van der Waals surface area contributed by atoms with Gasteiger partial charge in [0.1, 0.15) is 6.04 Å². The molecule has 6 nitrogen and oxygen atoms in total. The standard InChI is InChI=1S/C15H16ClN3O3/c16-11-4-1-3-10(9-11)14-17-13(22-18-14)6-8-19-7-2-5-12(19)15(20)21/h1,3-4,9,12H,2,5-8H2,(H,20,21)/t12-/m0/s1. The molecule has 0 aliphatic carbocycles. The Morgan fingerprint density at radius 3 is 3.14 bits per heavy atom. The van der Waals surface area contributed by atoms with E-state index in [-0.39, 0.29) is 0 Å². The number of carboxylic acids is 1. The zero-order valence-corrected chi connectivity index (χ0v) is 12.7. The highest BCUT2D eigenvalue weighted by atomic mass is 35.5. The van der Waals surface area contributed by atoms with Gasteiger partial charge in [0, 0.05) is 23.6 Å². The normalized spacial score (nSPS) is 18.7. The van der Waals surface area contributed by atoms with E-state index >= 15 is 0 Å². The Labute approximate surface area is 132 Å². The van der Waals surface area contributed by atoms with Crippen molar-refractivity contribution in [2.24, 2.45) is 0 Å². The predicted octanol–water partition coefficient (Wildman–Crippen LogP) is 2.48. The van der Waals surface area contributed by atoms with Crippen LogP contribution >= 0.6 is 11.6 Å². The number of carboxylic acid groups (broad SMARTS) is 1. The van der Waals surface area contributed by atoms with Gasteiger partial charge >= 0.3 is 5.97 Å². The fraction of sp³-hybridized carbons (Fsp3) is 0.400. The van der Waals surface area contributed by atoms with Crippen molar-refractivity contribution in [2.75, 3.05) is 13.1 Å². The molecule has 1 saturated heterocycles. The molecule has 2 aromatic rings. The maximum Gasteiger partial charge on any atom is 0.320 e. The summed E-state index contributed by atoms with van der Waals surface area (Å²) < 4.78 is 5.24. The van der Waals surface area contributed by atoms with E-state index in [0.29, 0.717) is 36.1 Å². The number of hydrogen-bond acceptors (Lipinski definition) is 5. The molecule has 0 radical (unpaired) electrons. The van der Waals surface area contributed by atoms with Gasteiger partial charge in [-0.1, -0.05) is 28.9 Å². The number of hydrogen-bond donors (Lipinski definition) is 1. The number of nitrogens with zero attached hydrogens (tertiary/aromatic N) is 3. The third-order valence-corrected chi connectivity index (χ3v) is 4.05. The van der Waals surface area contributed by atoms with E-state index in [4.69, 9.17) is 21.2 Å². The first-order chi connectivity index (χ1) is 10.6. The van der Waals surface area contributed by atoms with Crippen molar-refractivity contribution in [1.82, 2.24) is 15.0 Å². The lowest BCUT2D eigenvalue weighted by atomic mass is 10.2. The van der Waals surface area contributed by atoms with Crippen LogP contribution in [0.3, 0.4) is 0 Å². The second-order valence-electron chi connectivity index (χ2n) is 5.30. The summed E-state index contributed by atoms with van der Waals surface area (Å²) in [6.45, 7) is 1.40. The minimum atomic E-state index is -0.761. The van der Waals surface area contributed by atoms with Gasteiger partial charge < -0.3 is 9.63 Å². The van der Waals surface area contributed by atoms with Crippen LogP contribution in [0, 0.1) is 0 Å². The van der Waals surface area contributed by atoms with Crippen molar-refractivity contribution in [3.8, 4) is 11.4 Å². The highest BCUT2D eigenvalue weighted by Crippen LogP contribution is 2.21. The topological polar surface area (TPSA) is 79.5 Å². The number of benzene rings is 1. The van der Waals surface area contributed by atoms with E-state index in [0.717, 1.165) is 18.5 Å². The molecule has 1 aliphatic heterocycles. The first-order valence-corrected chi connectivity index (χ1v) is 7.56. The predicted molar refractivity (Wildman–Crippen MR) is 80.7 cm³/mol. The third kappa shape index (κ3) is 3.28. The van der Waals surface area contributed by atoms with Gasteiger partial charge in [0.25, 0.3) is 0 Å². The summed E-state index contributed by atoms with van der Waals surface area (Å²) in [4.78, 5) is 17.4. The van der Waals surface area contributed by atoms with Gasteiger partial charge in [-0.25, -0.2) is 0 Å². The molecule has 1 fully saturated rings. The minimum absolute atomic E-state index is 0.393. The molecule has 1 aromatic carbocycles. The Hall–Kier alpha value is -1.92. The maximum atomic E-state index is 11.1. The van der Waals surface area contributed by atoms with Gasteiger partial charge in [0.2, 0.25) is 11.7 Å². The van der Waals surface area contributed by atoms with Crippen molar-refractivity contribution in [3.05, 3.63) is 35.2 Å². The molecule has 3 rings (SSSR count). The van der Waals surface area contributed by atoms with Crippen LogP contribution in [0.5, 0.6) is 0 Å². The van der Waals surface area contributed by atoms with E-state index in [1.807, 2.05) is 17.0 Å². The zero-order chi connectivity index (χ0) is 15.5. The zero-order valence-electron chi connectivity index (χ0n) is 11.9. The third-order valence-electron chi connectivity index (χ3n) is 3.81. The Bertz CT molecular complexity index is 674. The van der Waals surface area contributed by atoms with Crippen molar-refractivity contribution in [2.45, 2.75) is 25.3 Å². The SMILES string of the molecule is O=C(O)[C@@H]1CCCN1CCc1nc(-c2cccc(Cl)c2)no1. The molecule has 1 aliphatic rings. The van der Waals surface area contributed by atoms with Crippen LogP contribution in [0.1, 0.15) is 18.7 Å². The van der Waals surface area contributed by atoms with E-state index in [9.17, 15) is 4.79 Å². The van der Waals surface area contributed by atoms with Crippen molar-refractivity contribution >= 4 is 17.6 Å². The summed E-state index contributed by atoms with van der Waals surface area (Å²) in [5, 5.41) is 13.7. The molecule has 1 N–H and O–H groups in total. The largest absolute Gasteiger partial charge is 0.480 e. The quantitative estimate of drug-likeness (QED) is 0.911. The molecule has 1 atom stereocenters. The Morgan fingerprint density at radius 2 is 2.36 bits per heavy atom. The molecule has 0 spiro atoms. The van der Waals surface area contributed by atoms with Crippen molar-refractivity contribution < 1.29 is 14.4 Å². The lowest BCUT2D eigenvalue weighted by molar-refractivity contribution is -0.142.